The SMILES string of the molecule is CC[C@H](C)NC(=O)[C@H](C)N(Cc1ccc(Cl)cc1Cl)C(=O)COc1ccccc1Cl. The molecule has 2 aromatic rings. The molecule has 0 unspecified atom stereocenters. The van der Waals surface area contributed by atoms with E-state index in [-0.39, 0.29) is 31.0 Å². The molecule has 162 valence electrons. The van der Waals surface area contributed by atoms with Gasteiger partial charge in [0.05, 0.1) is 5.02 Å². The molecule has 0 bridgehead atoms. The van der Waals surface area contributed by atoms with Gasteiger partial charge in [0.1, 0.15) is 11.8 Å². The van der Waals surface area contributed by atoms with Gasteiger partial charge in [-0.1, -0.05) is 59.9 Å². The Labute approximate surface area is 192 Å². The second-order valence-corrected chi connectivity index (χ2v) is 8.22. The molecule has 2 aromatic carbocycles. The van der Waals surface area contributed by atoms with Crippen LogP contribution in [0.5, 0.6) is 5.75 Å². The number of carbonyl (C=O) groups is 2. The van der Waals surface area contributed by atoms with Crippen molar-refractivity contribution in [3.05, 3.63) is 63.1 Å². The zero-order chi connectivity index (χ0) is 22.3. The Morgan fingerprint density at radius 1 is 1.07 bits per heavy atom. The lowest BCUT2D eigenvalue weighted by atomic mass is 10.1. The summed E-state index contributed by atoms with van der Waals surface area (Å²) in [5.74, 6) is -0.220. The van der Waals surface area contributed by atoms with Crippen molar-refractivity contribution in [1.29, 1.82) is 0 Å². The Balaban J connectivity index is 2.21. The normalized spacial score (nSPS) is 12.7. The molecule has 5 nitrogen and oxygen atoms in total. The van der Waals surface area contributed by atoms with Gasteiger partial charge in [-0.15, -0.1) is 0 Å². The summed E-state index contributed by atoms with van der Waals surface area (Å²) < 4.78 is 5.59. The van der Waals surface area contributed by atoms with E-state index in [0.717, 1.165) is 6.42 Å². The molecular weight excluding hydrogens is 447 g/mol. The average Bonchev–Trinajstić information content (AvgIpc) is 2.71. The summed E-state index contributed by atoms with van der Waals surface area (Å²) in [6.45, 7) is 5.43. The Kier molecular flexibility index (Phi) is 9.28. The van der Waals surface area contributed by atoms with Crippen LogP contribution >= 0.6 is 34.8 Å². The fourth-order valence-corrected chi connectivity index (χ4v) is 3.32. The van der Waals surface area contributed by atoms with Gasteiger partial charge in [-0.05, 0) is 50.1 Å². The molecular formula is C22H25Cl3N2O3. The van der Waals surface area contributed by atoms with E-state index in [1.165, 1.54) is 4.90 Å². The van der Waals surface area contributed by atoms with Crippen LogP contribution in [-0.2, 0) is 16.1 Å². The third-order valence-corrected chi connectivity index (χ3v) is 5.61. The van der Waals surface area contributed by atoms with Crippen LogP contribution in [0.25, 0.3) is 0 Å². The number of carbonyl (C=O) groups excluding carboxylic acids is 2. The van der Waals surface area contributed by atoms with Gasteiger partial charge in [0.15, 0.2) is 6.61 Å². The maximum absolute atomic E-state index is 13.0. The van der Waals surface area contributed by atoms with Gasteiger partial charge in [0.25, 0.3) is 5.91 Å². The first kappa shape index (κ1) is 24.3. The first-order chi connectivity index (χ1) is 14.2. The molecule has 0 aliphatic heterocycles. The van der Waals surface area contributed by atoms with E-state index < -0.39 is 6.04 Å². The lowest BCUT2D eigenvalue weighted by Crippen LogP contribution is -2.50. The molecule has 8 heteroatoms. The standard InChI is InChI=1S/C22H25Cl3N2O3/c1-4-14(2)26-22(29)15(3)27(12-16-9-10-17(23)11-19(16)25)21(28)13-30-20-8-6-5-7-18(20)24/h5-11,14-15H,4,12-13H2,1-3H3,(H,26,29)/t14-,15-/m0/s1. The highest BCUT2D eigenvalue weighted by Gasteiger charge is 2.27. The first-order valence-corrected chi connectivity index (χ1v) is 10.8. The quantitative estimate of drug-likeness (QED) is 0.536. The highest BCUT2D eigenvalue weighted by Crippen LogP contribution is 2.25. The second kappa shape index (κ2) is 11.4. The smallest absolute Gasteiger partial charge is 0.261 e. The first-order valence-electron chi connectivity index (χ1n) is 9.64. The fourth-order valence-electron chi connectivity index (χ4n) is 2.67. The molecule has 1 N–H and O–H groups in total. The molecule has 0 heterocycles. The van der Waals surface area contributed by atoms with Crippen molar-refractivity contribution in [3.8, 4) is 5.75 Å². The van der Waals surface area contributed by atoms with E-state index in [2.05, 4.69) is 5.32 Å². The van der Waals surface area contributed by atoms with Gasteiger partial charge in [-0.2, -0.15) is 0 Å². The number of halogens is 3. The summed E-state index contributed by atoms with van der Waals surface area (Å²) in [5.41, 5.74) is 0.676. The summed E-state index contributed by atoms with van der Waals surface area (Å²) in [7, 11) is 0. The van der Waals surface area contributed by atoms with Crippen LogP contribution in [0.15, 0.2) is 42.5 Å². The van der Waals surface area contributed by atoms with E-state index in [1.807, 2.05) is 13.8 Å². The molecule has 2 atom stereocenters. The summed E-state index contributed by atoms with van der Waals surface area (Å²) in [4.78, 5) is 27.1. The number of nitrogens with one attached hydrogen (secondary N) is 1. The Hall–Kier alpha value is -1.95. The Morgan fingerprint density at radius 3 is 2.40 bits per heavy atom. The maximum atomic E-state index is 13.0. The summed E-state index contributed by atoms with van der Waals surface area (Å²) >= 11 is 18.4. The van der Waals surface area contributed by atoms with Gasteiger partial charge in [0.2, 0.25) is 5.91 Å². The molecule has 0 fully saturated rings. The van der Waals surface area contributed by atoms with E-state index >= 15 is 0 Å². The van der Waals surface area contributed by atoms with Crippen LogP contribution in [0.2, 0.25) is 15.1 Å². The van der Waals surface area contributed by atoms with Crippen LogP contribution in [-0.4, -0.2) is 35.4 Å². The van der Waals surface area contributed by atoms with Gasteiger partial charge in [-0.25, -0.2) is 0 Å². The molecule has 30 heavy (non-hydrogen) atoms. The van der Waals surface area contributed by atoms with Crippen molar-refractivity contribution in [2.24, 2.45) is 0 Å². The lowest BCUT2D eigenvalue weighted by molar-refractivity contribution is -0.142. The van der Waals surface area contributed by atoms with E-state index in [1.54, 1.807) is 49.4 Å². The van der Waals surface area contributed by atoms with Gasteiger partial charge in [-0.3, -0.25) is 9.59 Å². The number of rotatable bonds is 9. The van der Waals surface area contributed by atoms with Crippen molar-refractivity contribution in [1.82, 2.24) is 10.2 Å². The minimum absolute atomic E-state index is 0.00426. The van der Waals surface area contributed by atoms with Crippen LogP contribution in [0.1, 0.15) is 32.8 Å². The number of para-hydroxylation sites is 1. The van der Waals surface area contributed by atoms with E-state index in [9.17, 15) is 9.59 Å². The minimum atomic E-state index is -0.729. The molecule has 0 aromatic heterocycles. The maximum Gasteiger partial charge on any atom is 0.261 e. The summed E-state index contributed by atoms with van der Waals surface area (Å²) in [5, 5.41) is 4.22. The van der Waals surface area contributed by atoms with Crippen LogP contribution in [0.4, 0.5) is 0 Å². The highest BCUT2D eigenvalue weighted by atomic mass is 35.5. The number of hydrogen-bond donors (Lipinski definition) is 1. The lowest BCUT2D eigenvalue weighted by Gasteiger charge is -2.30. The van der Waals surface area contributed by atoms with Gasteiger partial charge in [0, 0.05) is 22.6 Å². The summed E-state index contributed by atoms with van der Waals surface area (Å²) in [6, 6.07) is 11.2. The van der Waals surface area contributed by atoms with Crippen molar-refractivity contribution >= 4 is 46.6 Å². The van der Waals surface area contributed by atoms with Crippen LogP contribution in [0.3, 0.4) is 0 Å². The molecule has 0 aliphatic rings. The molecule has 0 spiro atoms. The third-order valence-electron chi connectivity index (χ3n) is 4.71. The molecule has 0 saturated heterocycles. The zero-order valence-corrected chi connectivity index (χ0v) is 19.4. The highest BCUT2D eigenvalue weighted by molar-refractivity contribution is 6.35. The number of ether oxygens (including phenoxy) is 1. The zero-order valence-electron chi connectivity index (χ0n) is 17.1. The van der Waals surface area contributed by atoms with Crippen molar-refractivity contribution in [3.63, 3.8) is 0 Å². The largest absolute Gasteiger partial charge is 0.482 e. The predicted molar refractivity (Wildman–Crippen MR) is 121 cm³/mol. The Morgan fingerprint density at radius 2 is 1.77 bits per heavy atom. The van der Waals surface area contributed by atoms with E-state index in [0.29, 0.717) is 26.4 Å². The topological polar surface area (TPSA) is 58.6 Å². The second-order valence-electron chi connectivity index (χ2n) is 6.97. The van der Waals surface area contributed by atoms with Crippen LogP contribution < -0.4 is 10.1 Å². The van der Waals surface area contributed by atoms with E-state index in [4.69, 9.17) is 39.5 Å². The third kappa shape index (κ3) is 6.79. The number of nitrogens with zero attached hydrogens (tertiary/aromatic N) is 1. The molecule has 0 radical (unpaired) electrons. The van der Waals surface area contributed by atoms with Crippen molar-refractivity contribution < 1.29 is 14.3 Å². The van der Waals surface area contributed by atoms with Crippen LogP contribution in [0, 0.1) is 0 Å². The molecule has 0 aliphatic carbocycles. The average molecular weight is 472 g/mol. The predicted octanol–water partition coefficient (Wildman–Crippen LogP) is 5.36. The number of amides is 2. The minimum Gasteiger partial charge on any atom is -0.482 e. The molecule has 0 saturated carbocycles. The van der Waals surface area contributed by atoms with Crippen molar-refractivity contribution in [2.75, 3.05) is 6.61 Å². The monoisotopic (exact) mass is 470 g/mol. The van der Waals surface area contributed by atoms with Gasteiger partial charge >= 0.3 is 0 Å². The fraction of sp³-hybridized carbons (Fsp3) is 0.364. The number of benzene rings is 2. The molecule has 2 amide bonds. The van der Waals surface area contributed by atoms with Gasteiger partial charge < -0.3 is 15.0 Å². The van der Waals surface area contributed by atoms with Crippen molar-refractivity contribution in [2.45, 2.75) is 45.8 Å². The number of hydrogen-bond acceptors (Lipinski definition) is 3. The molecule has 2 rings (SSSR count). The Bertz CT molecular complexity index is 892. The summed E-state index contributed by atoms with van der Waals surface area (Å²) in [6.07, 6.45) is 0.783.